The van der Waals surface area contributed by atoms with Crippen molar-refractivity contribution in [2.45, 2.75) is 52.3 Å². The second-order valence-corrected chi connectivity index (χ2v) is 7.66. The molecular weight excluding hydrogens is 404 g/mol. The van der Waals surface area contributed by atoms with E-state index in [9.17, 15) is 19.2 Å². The summed E-state index contributed by atoms with van der Waals surface area (Å²) in [7, 11) is 2.43. The van der Waals surface area contributed by atoms with Crippen LogP contribution in [0.25, 0.3) is 0 Å². The highest BCUT2D eigenvalue weighted by atomic mass is 16.5. The molecule has 0 unspecified atom stereocenters. The van der Waals surface area contributed by atoms with Gasteiger partial charge in [-0.2, -0.15) is 0 Å². The minimum Gasteiger partial charge on any atom is -0.469 e. The molecule has 0 bridgehead atoms. The molecule has 3 atom stereocenters. The van der Waals surface area contributed by atoms with Crippen LogP contribution in [0.1, 0.15) is 39.2 Å². The first-order valence-electron chi connectivity index (χ1n) is 10.1. The summed E-state index contributed by atoms with van der Waals surface area (Å²) in [6, 6.07) is 7.13. The lowest BCUT2D eigenvalue weighted by atomic mass is 9.97. The molecule has 1 aromatic carbocycles. The molecule has 9 heteroatoms. The van der Waals surface area contributed by atoms with Gasteiger partial charge in [0.05, 0.1) is 20.6 Å². The second-order valence-electron chi connectivity index (χ2n) is 7.66. The van der Waals surface area contributed by atoms with E-state index in [1.165, 1.54) is 14.2 Å². The Morgan fingerprint density at radius 1 is 0.935 bits per heavy atom. The molecule has 2 amide bonds. The molecule has 0 spiro atoms. The van der Waals surface area contributed by atoms with Crippen LogP contribution in [0.4, 0.5) is 4.79 Å². The Kier molecular flexibility index (Phi) is 11.1. The zero-order valence-electron chi connectivity index (χ0n) is 18.7. The number of carbonyl (C=O) groups excluding carboxylic acids is 4. The SMILES string of the molecule is COC(=O)C[C@H](C)[C@@H](NC(=O)[C@H](CC(C)C)NC(=O)OCc1ccccc1)C(=O)OC. The zero-order chi connectivity index (χ0) is 23.4. The molecule has 0 saturated heterocycles. The molecule has 1 aromatic rings. The van der Waals surface area contributed by atoms with Gasteiger partial charge in [-0.05, 0) is 23.8 Å². The number of rotatable bonds is 11. The van der Waals surface area contributed by atoms with Crippen LogP contribution in [0.2, 0.25) is 0 Å². The first-order valence-corrected chi connectivity index (χ1v) is 10.1. The molecule has 1 rings (SSSR count). The Morgan fingerprint density at radius 3 is 2.13 bits per heavy atom. The smallest absolute Gasteiger partial charge is 0.408 e. The highest BCUT2D eigenvalue weighted by molar-refractivity contribution is 5.90. The number of methoxy groups -OCH3 is 2. The summed E-state index contributed by atoms with van der Waals surface area (Å²) in [5, 5.41) is 5.14. The number of benzene rings is 1. The van der Waals surface area contributed by atoms with Crippen LogP contribution in [0.3, 0.4) is 0 Å². The summed E-state index contributed by atoms with van der Waals surface area (Å²) in [5.74, 6) is -2.28. The van der Waals surface area contributed by atoms with Crippen molar-refractivity contribution < 1.29 is 33.4 Å². The Labute approximate surface area is 182 Å². The van der Waals surface area contributed by atoms with Gasteiger partial charge in [-0.3, -0.25) is 9.59 Å². The number of ether oxygens (including phenoxy) is 3. The molecule has 0 aliphatic carbocycles. The highest BCUT2D eigenvalue weighted by Crippen LogP contribution is 2.13. The van der Waals surface area contributed by atoms with Crippen LogP contribution in [0.5, 0.6) is 0 Å². The summed E-state index contributed by atoms with van der Waals surface area (Å²) in [4.78, 5) is 48.9. The van der Waals surface area contributed by atoms with Crippen molar-refractivity contribution in [2.24, 2.45) is 11.8 Å². The fraction of sp³-hybridized carbons (Fsp3) is 0.545. The number of hydrogen-bond acceptors (Lipinski definition) is 7. The van der Waals surface area contributed by atoms with Gasteiger partial charge in [-0.1, -0.05) is 51.1 Å². The van der Waals surface area contributed by atoms with E-state index < -0.39 is 41.9 Å². The maximum atomic E-state index is 12.9. The number of alkyl carbamates (subject to hydrolysis) is 1. The standard InChI is InChI=1S/C22H32N2O7/c1-14(2)11-17(23-22(28)31-13-16-9-7-6-8-10-16)20(26)24-19(21(27)30-5)15(3)12-18(25)29-4/h6-10,14-15,17,19H,11-13H2,1-5H3,(H,23,28)(H,24,26)/t15-,17-,19+/m0/s1. The summed E-state index contributed by atoms with van der Waals surface area (Å²) in [6.45, 7) is 5.48. The fourth-order valence-electron chi connectivity index (χ4n) is 2.89. The minimum absolute atomic E-state index is 0.0592. The molecule has 0 aliphatic rings. The number of hydrogen-bond donors (Lipinski definition) is 2. The van der Waals surface area contributed by atoms with Crippen LogP contribution in [-0.2, 0) is 35.2 Å². The molecule has 0 aromatic heterocycles. The predicted molar refractivity (Wildman–Crippen MR) is 113 cm³/mol. The van der Waals surface area contributed by atoms with Crippen molar-refractivity contribution in [3.05, 3.63) is 35.9 Å². The largest absolute Gasteiger partial charge is 0.469 e. The molecular formula is C22H32N2O7. The van der Waals surface area contributed by atoms with Crippen molar-refractivity contribution in [1.29, 1.82) is 0 Å². The van der Waals surface area contributed by atoms with Crippen molar-refractivity contribution in [2.75, 3.05) is 14.2 Å². The lowest BCUT2D eigenvalue weighted by Gasteiger charge is -2.26. The van der Waals surface area contributed by atoms with E-state index in [-0.39, 0.29) is 18.9 Å². The molecule has 0 aliphatic heterocycles. The normalized spacial score (nSPS) is 13.5. The maximum absolute atomic E-state index is 12.9. The lowest BCUT2D eigenvalue weighted by Crippen LogP contribution is -2.54. The highest BCUT2D eigenvalue weighted by Gasteiger charge is 2.32. The van der Waals surface area contributed by atoms with E-state index >= 15 is 0 Å². The van der Waals surface area contributed by atoms with Gasteiger partial charge < -0.3 is 24.8 Å². The van der Waals surface area contributed by atoms with E-state index in [4.69, 9.17) is 9.47 Å². The van der Waals surface area contributed by atoms with E-state index in [2.05, 4.69) is 15.4 Å². The average Bonchev–Trinajstić information content (AvgIpc) is 2.75. The molecule has 0 heterocycles. The van der Waals surface area contributed by atoms with Crippen LogP contribution in [0, 0.1) is 11.8 Å². The molecule has 172 valence electrons. The van der Waals surface area contributed by atoms with Gasteiger partial charge in [0.1, 0.15) is 18.7 Å². The zero-order valence-corrected chi connectivity index (χ0v) is 18.7. The van der Waals surface area contributed by atoms with Crippen molar-refractivity contribution in [1.82, 2.24) is 10.6 Å². The molecule has 9 nitrogen and oxygen atoms in total. The summed E-state index contributed by atoms with van der Waals surface area (Å²) < 4.78 is 14.6. The van der Waals surface area contributed by atoms with Crippen molar-refractivity contribution >= 4 is 23.9 Å². The predicted octanol–water partition coefficient (Wildman–Crippen LogP) is 2.18. The topological polar surface area (TPSA) is 120 Å². The summed E-state index contributed by atoms with van der Waals surface area (Å²) >= 11 is 0. The molecule has 0 fully saturated rings. The third kappa shape index (κ3) is 9.50. The molecule has 2 N–H and O–H groups in total. The number of esters is 2. The van der Waals surface area contributed by atoms with E-state index in [0.717, 1.165) is 5.56 Å². The van der Waals surface area contributed by atoms with Gasteiger partial charge in [0.15, 0.2) is 0 Å². The third-order valence-electron chi connectivity index (χ3n) is 4.57. The van der Waals surface area contributed by atoms with E-state index in [1.54, 1.807) is 6.92 Å². The average molecular weight is 437 g/mol. The third-order valence-corrected chi connectivity index (χ3v) is 4.57. The second kappa shape index (κ2) is 13.3. The quantitative estimate of drug-likeness (QED) is 0.403. The van der Waals surface area contributed by atoms with Gasteiger partial charge in [0, 0.05) is 0 Å². The van der Waals surface area contributed by atoms with Gasteiger partial charge >= 0.3 is 18.0 Å². The number of amides is 2. The van der Waals surface area contributed by atoms with Gasteiger partial charge in [0.25, 0.3) is 0 Å². The van der Waals surface area contributed by atoms with Crippen LogP contribution >= 0.6 is 0 Å². The van der Waals surface area contributed by atoms with Crippen LogP contribution < -0.4 is 10.6 Å². The van der Waals surface area contributed by atoms with E-state index in [1.807, 2.05) is 44.2 Å². The lowest BCUT2D eigenvalue weighted by molar-refractivity contribution is -0.148. The summed E-state index contributed by atoms with van der Waals surface area (Å²) in [5.41, 5.74) is 0.810. The van der Waals surface area contributed by atoms with Gasteiger partial charge in [0.2, 0.25) is 5.91 Å². The molecule has 0 saturated carbocycles. The number of carbonyl (C=O) groups is 4. The van der Waals surface area contributed by atoms with Gasteiger partial charge in [-0.15, -0.1) is 0 Å². The molecule has 31 heavy (non-hydrogen) atoms. The first kappa shape index (κ1) is 25.9. The summed E-state index contributed by atoms with van der Waals surface area (Å²) in [6.07, 6.45) is -0.509. The Balaban J connectivity index is 2.82. The minimum atomic E-state index is -1.08. The first-order chi connectivity index (χ1) is 14.7. The van der Waals surface area contributed by atoms with Crippen molar-refractivity contribution in [3.63, 3.8) is 0 Å². The maximum Gasteiger partial charge on any atom is 0.408 e. The van der Waals surface area contributed by atoms with Crippen LogP contribution in [-0.4, -0.2) is 50.2 Å². The monoisotopic (exact) mass is 436 g/mol. The Morgan fingerprint density at radius 2 is 1.58 bits per heavy atom. The molecule has 0 radical (unpaired) electrons. The number of nitrogens with one attached hydrogen (secondary N) is 2. The van der Waals surface area contributed by atoms with Crippen LogP contribution in [0.15, 0.2) is 30.3 Å². The fourth-order valence-corrected chi connectivity index (χ4v) is 2.89. The van der Waals surface area contributed by atoms with E-state index in [0.29, 0.717) is 6.42 Å². The Bertz CT molecular complexity index is 737. The van der Waals surface area contributed by atoms with Crippen molar-refractivity contribution in [3.8, 4) is 0 Å². The Hall–Kier alpha value is -3.10. The van der Waals surface area contributed by atoms with Gasteiger partial charge in [-0.25, -0.2) is 9.59 Å².